The van der Waals surface area contributed by atoms with Crippen molar-refractivity contribution >= 4 is 27.8 Å². The standard InChI is InChI=1S/C15H18N2OS/c1-10(2)14(18)15-12(16)8-13(19-15)17-9-11-6-4-3-5-7-11/h3-8,10,17H,9,16H2,1-2H3. The van der Waals surface area contributed by atoms with Crippen LogP contribution in [0.5, 0.6) is 0 Å². The third-order valence-electron chi connectivity index (χ3n) is 2.82. The Morgan fingerprint density at radius 1 is 1.32 bits per heavy atom. The normalized spacial score (nSPS) is 10.7. The zero-order chi connectivity index (χ0) is 13.8. The van der Waals surface area contributed by atoms with Gasteiger partial charge in [-0.1, -0.05) is 44.2 Å². The molecule has 1 aromatic carbocycles. The summed E-state index contributed by atoms with van der Waals surface area (Å²) in [5, 5.41) is 4.24. The van der Waals surface area contributed by atoms with Crippen molar-refractivity contribution in [2.24, 2.45) is 5.92 Å². The third-order valence-corrected chi connectivity index (χ3v) is 3.94. The number of carbonyl (C=O) groups is 1. The van der Waals surface area contributed by atoms with Crippen molar-refractivity contribution in [2.45, 2.75) is 20.4 Å². The molecule has 3 nitrogen and oxygen atoms in total. The van der Waals surface area contributed by atoms with Crippen LogP contribution in [-0.2, 0) is 6.54 Å². The Bertz CT molecular complexity index is 561. The van der Waals surface area contributed by atoms with E-state index in [1.54, 1.807) is 0 Å². The number of anilines is 2. The number of nitrogens with two attached hydrogens (primary N) is 1. The summed E-state index contributed by atoms with van der Waals surface area (Å²) in [7, 11) is 0. The summed E-state index contributed by atoms with van der Waals surface area (Å²) in [6, 6.07) is 12.0. The minimum Gasteiger partial charge on any atom is -0.397 e. The number of nitrogen functional groups attached to an aromatic ring is 1. The van der Waals surface area contributed by atoms with Gasteiger partial charge in [0.25, 0.3) is 0 Å². The molecule has 2 aromatic rings. The van der Waals surface area contributed by atoms with E-state index in [-0.39, 0.29) is 11.7 Å². The van der Waals surface area contributed by atoms with Crippen LogP contribution in [0.25, 0.3) is 0 Å². The van der Waals surface area contributed by atoms with E-state index in [9.17, 15) is 4.79 Å². The number of hydrogen-bond acceptors (Lipinski definition) is 4. The molecule has 100 valence electrons. The number of benzene rings is 1. The first-order valence-electron chi connectivity index (χ1n) is 6.29. The Kier molecular flexibility index (Phi) is 4.22. The van der Waals surface area contributed by atoms with Crippen molar-refractivity contribution in [3.05, 3.63) is 46.8 Å². The van der Waals surface area contributed by atoms with E-state index >= 15 is 0 Å². The average Bonchev–Trinajstić information content (AvgIpc) is 2.78. The Morgan fingerprint density at radius 2 is 2.00 bits per heavy atom. The minimum atomic E-state index is -0.0251. The molecule has 0 amide bonds. The van der Waals surface area contributed by atoms with Crippen molar-refractivity contribution in [3.8, 4) is 0 Å². The van der Waals surface area contributed by atoms with Gasteiger partial charge < -0.3 is 11.1 Å². The molecule has 1 aromatic heterocycles. The molecule has 0 spiro atoms. The Morgan fingerprint density at radius 3 is 2.63 bits per heavy atom. The van der Waals surface area contributed by atoms with Gasteiger partial charge in [-0.25, -0.2) is 0 Å². The fraction of sp³-hybridized carbons (Fsp3) is 0.267. The summed E-state index contributed by atoms with van der Waals surface area (Å²) in [6.45, 7) is 4.51. The van der Waals surface area contributed by atoms with Crippen molar-refractivity contribution in [1.82, 2.24) is 0 Å². The number of Topliss-reactive ketones (excluding diaryl/α,β-unsaturated/α-hetero) is 1. The largest absolute Gasteiger partial charge is 0.397 e. The smallest absolute Gasteiger partial charge is 0.177 e. The molecule has 0 fully saturated rings. The zero-order valence-corrected chi connectivity index (χ0v) is 12.0. The van der Waals surface area contributed by atoms with E-state index in [1.807, 2.05) is 38.1 Å². The highest BCUT2D eigenvalue weighted by atomic mass is 32.1. The molecule has 0 unspecified atom stereocenters. The summed E-state index contributed by atoms with van der Waals surface area (Å²) in [5.74, 6) is 0.0817. The van der Waals surface area contributed by atoms with Crippen molar-refractivity contribution < 1.29 is 4.79 Å². The van der Waals surface area contributed by atoms with Gasteiger partial charge in [-0.05, 0) is 11.6 Å². The summed E-state index contributed by atoms with van der Waals surface area (Å²) in [6.07, 6.45) is 0. The monoisotopic (exact) mass is 274 g/mol. The van der Waals surface area contributed by atoms with Crippen LogP contribution in [0.15, 0.2) is 36.4 Å². The predicted octanol–water partition coefficient (Wildman–Crippen LogP) is 3.78. The highest BCUT2D eigenvalue weighted by Crippen LogP contribution is 2.31. The first-order chi connectivity index (χ1) is 9.08. The van der Waals surface area contributed by atoms with Gasteiger partial charge in [-0.3, -0.25) is 4.79 Å². The molecular formula is C15H18N2OS. The van der Waals surface area contributed by atoms with Gasteiger partial charge in [0.05, 0.1) is 15.6 Å². The number of ketones is 1. The third kappa shape index (κ3) is 3.35. The Hall–Kier alpha value is -1.81. The molecular weight excluding hydrogens is 256 g/mol. The molecule has 0 radical (unpaired) electrons. The lowest BCUT2D eigenvalue weighted by Gasteiger charge is -2.03. The lowest BCUT2D eigenvalue weighted by molar-refractivity contribution is 0.0944. The van der Waals surface area contributed by atoms with E-state index in [2.05, 4.69) is 17.4 Å². The van der Waals surface area contributed by atoms with Crippen LogP contribution in [0.2, 0.25) is 0 Å². The zero-order valence-electron chi connectivity index (χ0n) is 11.1. The molecule has 1 heterocycles. The lowest BCUT2D eigenvalue weighted by atomic mass is 10.1. The number of carbonyl (C=O) groups excluding carboxylic acids is 1. The molecule has 0 aliphatic heterocycles. The maximum atomic E-state index is 12.0. The molecule has 0 saturated carbocycles. The fourth-order valence-electron chi connectivity index (χ4n) is 1.73. The Balaban J connectivity index is 2.06. The maximum Gasteiger partial charge on any atom is 0.177 e. The molecule has 0 bridgehead atoms. The van der Waals surface area contributed by atoms with Gasteiger partial charge in [0.15, 0.2) is 5.78 Å². The van der Waals surface area contributed by atoms with Crippen LogP contribution in [0.3, 0.4) is 0 Å². The van der Waals surface area contributed by atoms with Gasteiger partial charge in [0.1, 0.15) is 0 Å². The quantitative estimate of drug-likeness (QED) is 0.816. The van der Waals surface area contributed by atoms with E-state index in [0.29, 0.717) is 10.6 Å². The number of nitrogens with one attached hydrogen (secondary N) is 1. The fourth-order valence-corrected chi connectivity index (χ4v) is 2.80. The van der Waals surface area contributed by atoms with Crippen molar-refractivity contribution in [2.75, 3.05) is 11.1 Å². The van der Waals surface area contributed by atoms with Gasteiger partial charge in [0, 0.05) is 12.5 Å². The predicted molar refractivity (Wildman–Crippen MR) is 81.7 cm³/mol. The average molecular weight is 274 g/mol. The van der Waals surface area contributed by atoms with Crippen LogP contribution in [0.1, 0.15) is 29.1 Å². The minimum absolute atomic E-state index is 0.0251. The summed E-state index contributed by atoms with van der Waals surface area (Å²) < 4.78 is 0. The van der Waals surface area contributed by atoms with Crippen LogP contribution >= 0.6 is 11.3 Å². The van der Waals surface area contributed by atoms with Crippen LogP contribution in [-0.4, -0.2) is 5.78 Å². The molecule has 0 aliphatic rings. The van der Waals surface area contributed by atoms with E-state index in [0.717, 1.165) is 11.5 Å². The lowest BCUT2D eigenvalue weighted by Crippen LogP contribution is -2.07. The number of thiophene rings is 1. The SMILES string of the molecule is CC(C)C(=O)c1sc(NCc2ccccc2)cc1N. The number of hydrogen-bond donors (Lipinski definition) is 2. The maximum absolute atomic E-state index is 12.0. The van der Waals surface area contributed by atoms with Crippen molar-refractivity contribution in [3.63, 3.8) is 0 Å². The molecule has 19 heavy (non-hydrogen) atoms. The molecule has 3 N–H and O–H groups in total. The molecule has 4 heteroatoms. The summed E-state index contributed by atoms with van der Waals surface area (Å²) >= 11 is 1.43. The number of rotatable bonds is 5. The van der Waals surface area contributed by atoms with Crippen LogP contribution in [0, 0.1) is 5.92 Å². The summed E-state index contributed by atoms with van der Waals surface area (Å²) in [5.41, 5.74) is 7.67. The second-order valence-electron chi connectivity index (χ2n) is 4.75. The van der Waals surface area contributed by atoms with Gasteiger partial charge in [-0.2, -0.15) is 0 Å². The van der Waals surface area contributed by atoms with Crippen LogP contribution < -0.4 is 11.1 Å². The summed E-state index contributed by atoms with van der Waals surface area (Å²) in [4.78, 5) is 12.6. The van der Waals surface area contributed by atoms with Gasteiger partial charge in [0.2, 0.25) is 0 Å². The van der Waals surface area contributed by atoms with Crippen molar-refractivity contribution in [1.29, 1.82) is 0 Å². The topological polar surface area (TPSA) is 55.1 Å². The highest BCUT2D eigenvalue weighted by Gasteiger charge is 2.17. The molecule has 0 aliphatic carbocycles. The second-order valence-corrected chi connectivity index (χ2v) is 5.81. The van der Waals surface area contributed by atoms with E-state index < -0.39 is 0 Å². The van der Waals surface area contributed by atoms with Gasteiger partial charge in [-0.15, -0.1) is 11.3 Å². The van der Waals surface area contributed by atoms with E-state index in [1.165, 1.54) is 16.9 Å². The molecule has 0 saturated heterocycles. The Labute approximate surface area is 117 Å². The molecule has 2 rings (SSSR count). The highest BCUT2D eigenvalue weighted by molar-refractivity contribution is 7.18. The second kappa shape index (κ2) is 5.89. The first kappa shape index (κ1) is 13.6. The van der Waals surface area contributed by atoms with Gasteiger partial charge >= 0.3 is 0 Å². The van der Waals surface area contributed by atoms with Crippen LogP contribution in [0.4, 0.5) is 10.7 Å². The molecule has 0 atom stereocenters. The van der Waals surface area contributed by atoms with E-state index in [4.69, 9.17) is 5.73 Å². The first-order valence-corrected chi connectivity index (χ1v) is 7.11.